The number of carbonyl (C=O) groups excluding carboxylic acids is 1. The second-order valence-electron chi connectivity index (χ2n) is 7.18. The van der Waals surface area contributed by atoms with Crippen LogP contribution in [0.1, 0.15) is 31.4 Å². The molecule has 0 saturated heterocycles. The molecule has 0 spiro atoms. The van der Waals surface area contributed by atoms with Gasteiger partial charge in [0.15, 0.2) is 6.61 Å². The van der Waals surface area contributed by atoms with E-state index in [2.05, 4.69) is 5.32 Å². The molecule has 0 saturated carbocycles. The lowest BCUT2D eigenvalue weighted by molar-refractivity contribution is -0.153. The number of amides is 1. The molecular formula is C22H27F3N2O4S. The van der Waals surface area contributed by atoms with Crippen LogP contribution in [-0.2, 0) is 21.2 Å². The van der Waals surface area contributed by atoms with Gasteiger partial charge in [0.2, 0.25) is 15.9 Å². The summed E-state index contributed by atoms with van der Waals surface area (Å²) in [6, 6.07) is 10.9. The molecule has 0 aromatic heterocycles. The van der Waals surface area contributed by atoms with Crippen LogP contribution in [0.3, 0.4) is 0 Å². The first-order chi connectivity index (χ1) is 15.0. The minimum absolute atomic E-state index is 0.0540. The summed E-state index contributed by atoms with van der Waals surface area (Å²) in [5.74, 6) is -0.452. The van der Waals surface area contributed by atoms with Crippen molar-refractivity contribution in [2.75, 3.05) is 25.0 Å². The third-order valence-electron chi connectivity index (χ3n) is 4.71. The van der Waals surface area contributed by atoms with E-state index in [4.69, 9.17) is 4.74 Å². The number of halogens is 3. The molecule has 176 valence electrons. The molecule has 0 atom stereocenters. The van der Waals surface area contributed by atoms with Crippen molar-refractivity contribution >= 4 is 21.6 Å². The summed E-state index contributed by atoms with van der Waals surface area (Å²) in [5.41, 5.74) is 1.61. The van der Waals surface area contributed by atoms with Crippen molar-refractivity contribution in [3.05, 3.63) is 53.6 Å². The zero-order valence-corrected chi connectivity index (χ0v) is 19.0. The molecular weight excluding hydrogens is 445 g/mol. The van der Waals surface area contributed by atoms with Crippen LogP contribution in [0.25, 0.3) is 0 Å². The lowest BCUT2D eigenvalue weighted by atomic mass is 10.1. The summed E-state index contributed by atoms with van der Waals surface area (Å²) in [5, 5.41) is 2.58. The highest BCUT2D eigenvalue weighted by atomic mass is 32.2. The van der Waals surface area contributed by atoms with E-state index in [-0.39, 0.29) is 22.8 Å². The smallest absolute Gasteiger partial charge is 0.422 e. The van der Waals surface area contributed by atoms with Gasteiger partial charge in [0.25, 0.3) is 0 Å². The second-order valence-corrected chi connectivity index (χ2v) is 9.12. The number of nitrogens with zero attached hydrogens (tertiary/aromatic N) is 1. The molecule has 0 unspecified atom stereocenters. The van der Waals surface area contributed by atoms with Crippen molar-refractivity contribution < 1.29 is 31.1 Å². The second kappa shape index (κ2) is 10.8. The van der Waals surface area contributed by atoms with Gasteiger partial charge < -0.3 is 10.1 Å². The predicted molar refractivity (Wildman–Crippen MR) is 116 cm³/mol. The van der Waals surface area contributed by atoms with Gasteiger partial charge in [0.1, 0.15) is 5.75 Å². The number of benzene rings is 2. The molecule has 0 aliphatic carbocycles. The summed E-state index contributed by atoms with van der Waals surface area (Å²) in [6.07, 6.45) is -4.09. The van der Waals surface area contributed by atoms with Crippen LogP contribution in [0, 0.1) is 6.92 Å². The Hall–Kier alpha value is -2.59. The molecule has 0 aliphatic rings. The minimum Gasteiger partial charge on any atom is -0.482 e. The number of nitrogens with one attached hydrogen (secondary N) is 1. The van der Waals surface area contributed by atoms with Crippen LogP contribution >= 0.6 is 0 Å². The molecule has 0 fully saturated rings. The average Bonchev–Trinajstić information content (AvgIpc) is 2.73. The van der Waals surface area contributed by atoms with E-state index in [9.17, 15) is 26.4 Å². The van der Waals surface area contributed by atoms with E-state index in [1.165, 1.54) is 28.6 Å². The largest absolute Gasteiger partial charge is 0.482 e. The number of carbonyl (C=O) groups is 1. The Balaban J connectivity index is 2.00. The molecule has 0 aliphatic heterocycles. The summed E-state index contributed by atoms with van der Waals surface area (Å²) in [7, 11) is -3.55. The number of ether oxygens (including phenoxy) is 1. The van der Waals surface area contributed by atoms with Crippen LogP contribution in [-0.4, -0.2) is 44.5 Å². The van der Waals surface area contributed by atoms with Crippen LogP contribution in [0.5, 0.6) is 5.75 Å². The molecule has 1 N–H and O–H groups in total. The van der Waals surface area contributed by atoms with Crippen LogP contribution in [0.15, 0.2) is 47.4 Å². The van der Waals surface area contributed by atoms with Gasteiger partial charge in [-0.1, -0.05) is 32.0 Å². The SMILES string of the molecule is CCN(CC)S(=O)(=O)c1ccc(CCC(=O)Nc2ccc(C)cc2OCC(F)(F)F)cc1. The van der Waals surface area contributed by atoms with E-state index < -0.39 is 28.7 Å². The fourth-order valence-electron chi connectivity index (χ4n) is 3.02. The Bertz CT molecular complexity index is 1020. The minimum atomic E-state index is -4.49. The first-order valence-electron chi connectivity index (χ1n) is 10.2. The average molecular weight is 473 g/mol. The van der Waals surface area contributed by atoms with Crippen molar-refractivity contribution in [2.24, 2.45) is 0 Å². The van der Waals surface area contributed by atoms with Gasteiger partial charge in [-0.15, -0.1) is 0 Å². The predicted octanol–water partition coefficient (Wildman–Crippen LogP) is 4.54. The molecule has 6 nitrogen and oxygen atoms in total. The van der Waals surface area contributed by atoms with Gasteiger partial charge in [-0.3, -0.25) is 4.79 Å². The molecule has 2 aromatic carbocycles. The zero-order valence-electron chi connectivity index (χ0n) is 18.2. The third-order valence-corrected chi connectivity index (χ3v) is 6.77. The van der Waals surface area contributed by atoms with Crippen molar-refractivity contribution in [3.63, 3.8) is 0 Å². The molecule has 0 bridgehead atoms. The first-order valence-corrected chi connectivity index (χ1v) is 11.6. The Labute approximate surface area is 186 Å². The van der Waals surface area contributed by atoms with Crippen molar-refractivity contribution in [1.29, 1.82) is 0 Å². The molecule has 0 radical (unpaired) electrons. The quantitative estimate of drug-likeness (QED) is 0.551. The maximum atomic E-state index is 12.5. The Morgan fingerprint density at radius 3 is 2.25 bits per heavy atom. The maximum absolute atomic E-state index is 12.5. The number of alkyl halides is 3. The first kappa shape index (κ1) is 25.7. The Morgan fingerprint density at radius 2 is 1.69 bits per heavy atom. The fourth-order valence-corrected chi connectivity index (χ4v) is 4.48. The highest BCUT2D eigenvalue weighted by molar-refractivity contribution is 7.89. The summed E-state index contributed by atoms with van der Waals surface area (Å²) in [6.45, 7) is 4.52. The normalized spacial score (nSPS) is 12.1. The van der Waals surface area contributed by atoms with Crippen LogP contribution in [0.2, 0.25) is 0 Å². The molecule has 1 amide bonds. The van der Waals surface area contributed by atoms with Gasteiger partial charge in [0.05, 0.1) is 10.6 Å². The van der Waals surface area contributed by atoms with Crippen molar-refractivity contribution in [3.8, 4) is 5.75 Å². The Morgan fingerprint density at radius 1 is 1.06 bits per heavy atom. The highest BCUT2D eigenvalue weighted by Gasteiger charge is 2.29. The number of anilines is 1. The van der Waals surface area contributed by atoms with Gasteiger partial charge in [0, 0.05) is 19.5 Å². The van der Waals surface area contributed by atoms with Gasteiger partial charge in [-0.2, -0.15) is 17.5 Å². The van der Waals surface area contributed by atoms with Gasteiger partial charge >= 0.3 is 6.18 Å². The highest BCUT2D eigenvalue weighted by Crippen LogP contribution is 2.28. The maximum Gasteiger partial charge on any atom is 0.422 e. The topological polar surface area (TPSA) is 75.7 Å². The zero-order chi connectivity index (χ0) is 23.9. The van der Waals surface area contributed by atoms with E-state index in [1.54, 1.807) is 39.0 Å². The van der Waals surface area contributed by atoms with Gasteiger partial charge in [-0.05, 0) is 48.7 Å². The summed E-state index contributed by atoms with van der Waals surface area (Å²) in [4.78, 5) is 12.5. The third kappa shape index (κ3) is 7.23. The molecule has 0 heterocycles. The molecule has 2 aromatic rings. The summed E-state index contributed by atoms with van der Waals surface area (Å²) >= 11 is 0. The number of rotatable bonds is 10. The van der Waals surface area contributed by atoms with Gasteiger partial charge in [-0.25, -0.2) is 8.42 Å². The lowest BCUT2D eigenvalue weighted by Crippen LogP contribution is -2.30. The van der Waals surface area contributed by atoms with Crippen LogP contribution < -0.4 is 10.1 Å². The number of hydrogen-bond acceptors (Lipinski definition) is 4. The standard InChI is InChI=1S/C22H27F3N2O4S/c1-4-27(5-2)32(29,30)18-10-7-17(8-11-18)9-13-21(28)26-19-12-6-16(3)14-20(19)31-15-22(23,24)25/h6-8,10-12,14H,4-5,9,13,15H2,1-3H3,(H,26,28). The van der Waals surface area contributed by atoms with Crippen LogP contribution in [0.4, 0.5) is 18.9 Å². The van der Waals surface area contributed by atoms with E-state index in [0.717, 1.165) is 5.56 Å². The lowest BCUT2D eigenvalue weighted by Gasteiger charge is -2.18. The van der Waals surface area contributed by atoms with Crippen molar-refractivity contribution in [2.45, 2.75) is 44.7 Å². The fraction of sp³-hybridized carbons (Fsp3) is 0.409. The monoisotopic (exact) mass is 472 g/mol. The molecule has 10 heteroatoms. The van der Waals surface area contributed by atoms with Crippen molar-refractivity contribution in [1.82, 2.24) is 4.31 Å². The number of hydrogen-bond donors (Lipinski definition) is 1. The van der Waals surface area contributed by atoms with E-state index in [0.29, 0.717) is 25.1 Å². The molecule has 32 heavy (non-hydrogen) atoms. The van der Waals surface area contributed by atoms with E-state index >= 15 is 0 Å². The number of aryl methyl sites for hydroxylation is 2. The summed E-state index contributed by atoms with van der Waals surface area (Å²) < 4.78 is 68.7. The Kier molecular flexibility index (Phi) is 8.68. The van der Waals surface area contributed by atoms with E-state index in [1.807, 2.05) is 0 Å². The number of sulfonamides is 1. The molecule has 2 rings (SSSR count).